The van der Waals surface area contributed by atoms with Crippen LogP contribution in [0.25, 0.3) is 0 Å². The molecule has 2 aromatic rings. The van der Waals surface area contributed by atoms with Gasteiger partial charge in [-0.3, -0.25) is 4.90 Å². The summed E-state index contributed by atoms with van der Waals surface area (Å²) >= 11 is 0. The lowest BCUT2D eigenvalue weighted by Crippen LogP contribution is -2.45. The van der Waals surface area contributed by atoms with Gasteiger partial charge in [0.1, 0.15) is 5.82 Å². The average Bonchev–Trinajstić information content (AvgIpc) is 3.00. The van der Waals surface area contributed by atoms with Crippen LogP contribution in [0.15, 0.2) is 30.5 Å². The van der Waals surface area contributed by atoms with Gasteiger partial charge in [0.05, 0.1) is 23.4 Å². The first-order chi connectivity index (χ1) is 10.8. The molecule has 5 nitrogen and oxygen atoms in total. The molecule has 5 heteroatoms. The Morgan fingerprint density at radius 3 is 2.59 bits per heavy atom. The van der Waals surface area contributed by atoms with Crippen LogP contribution in [-0.2, 0) is 6.42 Å². The number of H-pyrrole nitrogens is 1. The standard InChI is InChI=1S/C17H21N5/c1-13-20-12-16(21-13)17(22-8-6-19-7-9-22)10-14-2-4-15(11-18)5-3-14/h2-5,12,17,19H,6-10H2,1H3,(H,20,21). The second kappa shape index (κ2) is 6.73. The van der Waals surface area contributed by atoms with Crippen LogP contribution < -0.4 is 5.32 Å². The third-order valence-electron chi connectivity index (χ3n) is 4.19. The summed E-state index contributed by atoms with van der Waals surface area (Å²) < 4.78 is 0. The highest BCUT2D eigenvalue weighted by molar-refractivity contribution is 5.32. The van der Waals surface area contributed by atoms with Gasteiger partial charge in [0, 0.05) is 32.4 Å². The van der Waals surface area contributed by atoms with Gasteiger partial charge < -0.3 is 10.3 Å². The van der Waals surface area contributed by atoms with E-state index in [9.17, 15) is 0 Å². The molecule has 22 heavy (non-hydrogen) atoms. The maximum atomic E-state index is 8.92. The van der Waals surface area contributed by atoms with Crippen molar-refractivity contribution < 1.29 is 0 Å². The monoisotopic (exact) mass is 295 g/mol. The van der Waals surface area contributed by atoms with Crippen molar-refractivity contribution in [3.63, 3.8) is 0 Å². The van der Waals surface area contributed by atoms with Crippen LogP contribution in [0.5, 0.6) is 0 Å². The topological polar surface area (TPSA) is 67.7 Å². The Hall–Kier alpha value is -2.16. The van der Waals surface area contributed by atoms with Crippen LogP contribution in [0.3, 0.4) is 0 Å². The Balaban J connectivity index is 1.82. The number of rotatable bonds is 4. The molecule has 0 bridgehead atoms. The average molecular weight is 295 g/mol. The number of piperazine rings is 1. The fraction of sp³-hybridized carbons (Fsp3) is 0.412. The van der Waals surface area contributed by atoms with Crippen molar-refractivity contribution in [2.24, 2.45) is 0 Å². The second-order valence-electron chi connectivity index (χ2n) is 5.74. The number of nitriles is 1. The number of imidazole rings is 1. The van der Waals surface area contributed by atoms with Gasteiger partial charge in [-0.2, -0.15) is 5.26 Å². The quantitative estimate of drug-likeness (QED) is 0.902. The predicted octanol–water partition coefficient (Wildman–Crippen LogP) is 1.78. The minimum Gasteiger partial charge on any atom is -0.345 e. The molecule has 2 N–H and O–H groups in total. The molecule has 1 aromatic heterocycles. The molecule has 0 aliphatic carbocycles. The normalized spacial score (nSPS) is 17.1. The van der Waals surface area contributed by atoms with Gasteiger partial charge >= 0.3 is 0 Å². The number of benzene rings is 1. The van der Waals surface area contributed by atoms with Crippen LogP contribution >= 0.6 is 0 Å². The molecule has 0 amide bonds. The summed E-state index contributed by atoms with van der Waals surface area (Å²) in [5, 5.41) is 12.3. The van der Waals surface area contributed by atoms with E-state index in [1.165, 1.54) is 11.3 Å². The van der Waals surface area contributed by atoms with Gasteiger partial charge in [-0.1, -0.05) is 12.1 Å². The molecule has 1 unspecified atom stereocenters. The molecule has 3 rings (SSSR count). The maximum Gasteiger partial charge on any atom is 0.103 e. The summed E-state index contributed by atoms with van der Waals surface area (Å²) in [5.41, 5.74) is 3.12. The highest BCUT2D eigenvalue weighted by atomic mass is 15.2. The molecular weight excluding hydrogens is 274 g/mol. The van der Waals surface area contributed by atoms with Gasteiger partial charge in [0.25, 0.3) is 0 Å². The summed E-state index contributed by atoms with van der Waals surface area (Å²) in [5.74, 6) is 0.954. The number of hydrogen-bond acceptors (Lipinski definition) is 4. The van der Waals surface area contributed by atoms with Crippen LogP contribution in [-0.4, -0.2) is 41.0 Å². The fourth-order valence-electron chi connectivity index (χ4n) is 2.98. The summed E-state index contributed by atoms with van der Waals surface area (Å²) in [6, 6.07) is 10.4. The van der Waals surface area contributed by atoms with Crippen LogP contribution in [0.2, 0.25) is 0 Å². The van der Waals surface area contributed by atoms with E-state index in [1.54, 1.807) is 0 Å². The van der Waals surface area contributed by atoms with Crippen molar-refractivity contribution in [1.82, 2.24) is 20.2 Å². The third-order valence-corrected chi connectivity index (χ3v) is 4.19. The maximum absolute atomic E-state index is 8.92. The van der Waals surface area contributed by atoms with E-state index in [0.717, 1.165) is 38.4 Å². The molecule has 0 spiro atoms. The first-order valence-corrected chi connectivity index (χ1v) is 7.71. The zero-order valence-electron chi connectivity index (χ0n) is 12.8. The van der Waals surface area contributed by atoms with E-state index in [4.69, 9.17) is 5.26 Å². The molecule has 2 heterocycles. The molecular formula is C17H21N5. The van der Waals surface area contributed by atoms with Crippen molar-refractivity contribution in [3.05, 3.63) is 53.1 Å². The Labute approximate surface area is 131 Å². The Kier molecular flexibility index (Phi) is 4.52. The minimum absolute atomic E-state index is 0.302. The number of aryl methyl sites for hydroxylation is 1. The Morgan fingerprint density at radius 1 is 1.27 bits per heavy atom. The predicted molar refractivity (Wildman–Crippen MR) is 85.4 cm³/mol. The largest absolute Gasteiger partial charge is 0.345 e. The van der Waals surface area contributed by atoms with Gasteiger partial charge in [-0.05, 0) is 31.0 Å². The zero-order valence-corrected chi connectivity index (χ0v) is 12.8. The summed E-state index contributed by atoms with van der Waals surface area (Å²) in [7, 11) is 0. The lowest BCUT2D eigenvalue weighted by atomic mass is 10.0. The van der Waals surface area contributed by atoms with Crippen molar-refractivity contribution in [1.29, 1.82) is 5.26 Å². The lowest BCUT2D eigenvalue weighted by Gasteiger charge is -2.34. The van der Waals surface area contributed by atoms with Crippen molar-refractivity contribution in [3.8, 4) is 6.07 Å². The summed E-state index contributed by atoms with van der Waals surface area (Å²) in [4.78, 5) is 10.3. The molecule has 0 saturated carbocycles. The molecule has 1 aliphatic heterocycles. The van der Waals surface area contributed by atoms with E-state index in [-0.39, 0.29) is 0 Å². The van der Waals surface area contributed by atoms with Gasteiger partial charge in [0.2, 0.25) is 0 Å². The minimum atomic E-state index is 0.302. The van der Waals surface area contributed by atoms with Crippen molar-refractivity contribution in [2.45, 2.75) is 19.4 Å². The summed E-state index contributed by atoms with van der Waals surface area (Å²) in [6.45, 7) is 6.12. The highest BCUT2D eigenvalue weighted by Gasteiger charge is 2.23. The first-order valence-electron chi connectivity index (χ1n) is 7.71. The zero-order chi connectivity index (χ0) is 15.4. The smallest absolute Gasteiger partial charge is 0.103 e. The third kappa shape index (κ3) is 3.35. The number of nitrogens with zero attached hydrogens (tertiary/aromatic N) is 3. The fourth-order valence-corrected chi connectivity index (χ4v) is 2.98. The van der Waals surface area contributed by atoms with Gasteiger partial charge in [-0.15, -0.1) is 0 Å². The number of aromatic nitrogens is 2. The SMILES string of the molecule is Cc1ncc(C(Cc2ccc(C#N)cc2)N2CCNCC2)[nH]1. The number of aromatic amines is 1. The van der Waals surface area contributed by atoms with Crippen LogP contribution in [0.1, 0.15) is 28.7 Å². The molecule has 1 fully saturated rings. The van der Waals surface area contributed by atoms with Crippen LogP contribution in [0, 0.1) is 18.3 Å². The molecule has 0 radical (unpaired) electrons. The van der Waals surface area contributed by atoms with E-state index in [0.29, 0.717) is 11.6 Å². The van der Waals surface area contributed by atoms with E-state index >= 15 is 0 Å². The lowest BCUT2D eigenvalue weighted by molar-refractivity contribution is 0.169. The van der Waals surface area contributed by atoms with E-state index < -0.39 is 0 Å². The molecule has 114 valence electrons. The first kappa shape index (κ1) is 14.8. The summed E-state index contributed by atoms with van der Waals surface area (Å²) in [6.07, 6.45) is 2.87. The molecule has 1 atom stereocenters. The Morgan fingerprint density at radius 2 is 2.00 bits per heavy atom. The van der Waals surface area contributed by atoms with E-state index in [2.05, 4.69) is 38.4 Å². The second-order valence-corrected chi connectivity index (χ2v) is 5.74. The Bertz CT molecular complexity index is 646. The molecule has 1 aromatic carbocycles. The number of hydrogen-bond donors (Lipinski definition) is 2. The van der Waals surface area contributed by atoms with Crippen molar-refractivity contribution in [2.75, 3.05) is 26.2 Å². The van der Waals surface area contributed by atoms with Crippen LogP contribution in [0.4, 0.5) is 0 Å². The molecule has 1 saturated heterocycles. The van der Waals surface area contributed by atoms with Crippen molar-refractivity contribution >= 4 is 0 Å². The van der Waals surface area contributed by atoms with E-state index in [1.807, 2.05) is 25.3 Å². The van der Waals surface area contributed by atoms with Gasteiger partial charge in [0.15, 0.2) is 0 Å². The molecule has 1 aliphatic rings. The van der Waals surface area contributed by atoms with Gasteiger partial charge in [-0.25, -0.2) is 4.98 Å². The number of nitrogens with one attached hydrogen (secondary N) is 2. The highest BCUT2D eigenvalue weighted by Crippen LogP contribution is 2.24.